The van der Waals surface area contributed by atoms with Crippen LogP contribution in [0.15, 0.2) is 65.8 Å². The van der Waals surface area contributed by atoms with E-state index in [2.05, 4.69) is 20.9 Å². The van der Waals surface area contributed by atoms with Gasteiger partial charge in [0.2, 0.25) is 5.95 Å². The molecular formula is C35H36ClFN6O5. The number of nitrogens with one attached hydrogen (secondary N) is 3. The van der Waals surface area contributed by atoms with Gasteiger partial charge in [-0.25, -0.2) is 19.2 Å². The summed E-state index contributed by atoms with van der Waals surface area (Å²) >= 11 is 6.41. The SMILES string of the molecule is COc1cc(Nc2ncc3c(n2)-c2ccc(Cl)cc2C(c2c(F)cccc2OC)=NC3)ccc1C(=O)NCCCNC(=O)OC(C)(C)C. The summed E-state index contributed by atoms with van der Waals surface area (Å²) in [5, 5.41) is 9.14. The average Bonchev–Trinajstić information content (AvgIpc) is 3.19. The first-order valence-corrected chi connectivity index (χ1v) is 15.6. The number of alkyl carbamates (subject to hydrolysis) is 1. The maximum absolute atomic E-state index is 15.2. The molecule has 0 spiro atoms. The molecule has 3 aromatic carbocycles. The number of aliphatic imine (C=N–C) groups is 1. The van der Waals surface area contributed by atoms with E-state index in [-0.39, 0.29) is 18.0 Å². The fourth-order valence-electron chi connectivity index (χ4n) is 5.08. The van der Waals surface area contributed by atoms with Gasteiger partial charge in [0, 0.05) is 52.8 Å². The van der Waals surface area contributed by atoms with E-state index >= 15 is 4.39 Å². The Hall–Kier alpha value is -5.23. The van der Waals surface area contributed by atoms with Gasteiger partial charge in [0.15, 0.2) is 0 Å². The van der Waals surface area contributed by atoms with Crippen molar-refractivity contribution in [3.8, 4) is 22.8 Å². The van der Waals surface area contributed by atoms with Crippen molar-refractivity contribution in [1.82, 2.24) is 20.6 Å². The van der Waals surface area contributed by atoms with Crippen molar-refractivity contribution in [3.63, 3.8) is 0 Å². The van der Waals surface area contributed by atoms with Crippen LogP contribution in [-0.2, 0) is 11.3 Å². The van der Waals surface area contributed by atoms with Gasteiger partial charge >= 0.3 is 6.09 Å². The second kappa shape index (κ2) is 14.7. The third-order valence-corrected chi connectivity index (χ3v) is 7.44. The summed E-state index contributed by atoms with van der Waals surface area (Å²) in [5.74, 6) is 0.184. The van der Waals surface area contributed by atoms with Crippen LogP contribution >= 0.6 is 11.6 Å². The van der Waals surface area contributed by atoms with Crippen LogP contribution in [-0.4, -0.2) is 60.6 Å². The van der Waals surface area contributed by atoms with Crippen molar-refractivity contribution in [1.29, 1.82) is 0 Å². The number of methoxy groups -OCH3 is 2. The zero-order valence-corrected chi connectivity index (χ0v) is 28.0. The Bertz CT molecular complexity index is 1880. The average molecular weight is 675 g/mol. The lowest BCUT2D eigenvalue weighted by Gasteiger charge is -2.19. The molecule has 0 radical (unpaired) electrons. The summed E-state index contributed by atoms with van der Waals surface area (Å²) < 4.78 is 31.4. The third-order valence-electron chi connectivity index (χ3n) is 7.21. The largest absolute Gasteiger partial charge is 0.496 e. The molecule has 0 fully saturated rings. The van der Waals surface area contributed by atoms with Crippen LogP contribution in [0.1, 0.15) is 54.2 Å². The summed E-state index contributed by atoms with van der Waals surface area (Å²) in [6, 6.07) is 15.0. The Morgan fingerprint density at radius 1 is 0.958 bits per heavy atom. The highest BCUT2D eigenvalue weighted by Gasteiger charge is 2.26. The number of ether oxygens (including phenoxy) is 3. The Morgan fingerprint density at radius 2 is 1.73 bits per heavy atom. The van der Waals surface area contributed by atoms with Gasteiger partial charge in [-0.2, -0.15) is 0 Å². The molecule has 0 saturated carbocycles. The van der Waals surface area contributed by atoms with Gasteiger partial charge in [-0.1, -0.05) is 23.7 Å². The topological polar surface area (TPSA) is 136 Å². The molecule has 0 unspecified atom stereocenters. The zero-order chi connectivity index (χ0) is 34.4. The van der Waals surface area contributed by atoms with Crippen LogP contribution in [0.2, 0.25) is 5.02 Å². The van der Waals surface area contributed by atoms with Gasteiger partial charge in [-0.3, -0.25) is 9.79 Å². The normalized spacial score (nSPS) is 12.1. The van der Waals surface area contributed by atoms with Crippen molar-refractivity contribution < 1.29 is 28.2 Å². The lowest BCUT2D eigenvalue weighted by atomic mass is 9.94. The molecule has 0 aliphatic carbocycles. The number of fused-ring (bicyclic) bond motifs is 3. The highest BCUT2D eigenvalue weighted by Crippen LogP contribution is 2.36. The Labute approximate surface area is 282 Å². The molecule has 13 heteroatoms. The maximum Gasteiger partial charge on any atom is 0.407 e. The van der Waals surface area contributed by atoms with E-state index in [1.165, 1.54) is 20.3 Å². The molecule has 48 heavy (non-hydrogen) atoms. The minimum Gasteiger partial charge on any atom is -0.496 e. The Balaban J connectivity index is 1.32. The maximum atomic E-state index is 15.2. The molecule has 0 atom stereocenters. The molecule has 2 amide bonds. The van der Waals surface area contributed by atoms with Gasteiger partial charge in [-0.15, -0.1) is 0 Å². The van der Waals surface area contributed by atoms with E-state index in [0.717, 1.165) is 5.56 Å². The summed E-state index contributed by atoms with van der Waals surface area (Å²) in [7, 11) is 2.96. The summed E-state index contributed by atoms with van der Waals surface area (Å²) in [6.07, 6.45) is 1.68. The number of aromatic nitrogens is 2. The molecule has 0 saturated heterocycles. The standard InChI is InChI=1S/C35H36ClFN6O5/c1-35(2,3)48-34(45)39-15-7-14-38-32(44)24-13-11-22(17-28(24)47-5)42-33-41-19-20-18-40-31(29-26(37)8-6-9-27(29)46-4)25-16-21(36)10-12-23(25)30(20)43-33/h6,8-13,16-17,19H,7,14-15,18H2,1-5H3,(H,38,44)(H,39,45)(H,41,42,43). The van der Waals surface area contributed by atoms with Crippen molar-refractivity contribution in [2.24, 2.45) is 4.99 Å². The number of nitrogens with zero attached hydrogens (tertiary/aromatic N) is 3. The number of carbonyl (C=O) groups excluding carboxylic acids is 2. The predicted molar refractivity (Wildman–Crippen MR) is 182 cm³/mol. The van der Waals surface area contributed by atoms with Crippen molar-refractivity contribution in [2.75, 3.05) is 32.6 Å². The Kier molecular flexibility index (Phi) is 10.4. The molecule has 1 aromatic heterocycles. The molecule has 2 heterocycles. The van der Waals surface area contributed by atoms with E-state index in [1.807, 2.05) is 6.07 Å². The number of halogens is 2. The molecule has 1 aliphatic rings. The van der Waals surface area contributed by atoms with E-state index in [4.69, 9.17) is 35.8 Å². The highest BCUT2D eigenvalue weighted by atomic mass is 35.5. The van der Waals surface area contributed by atoms with E-state index < -0.39 is 17.5 Å². The number of amides is 2. The number of benzene rings is 3. The predicted octanol–water partition coefficient (Wildman–Crippen LogP) is 6.69. The van der Waals surface area contributed by atoms with Crippen molar-refractivity contribution in [3.05, 3.63) is 93.9 Å². The van der Waals surface area contributed by atoms with Gasteiger partial charge in [-0.05, 0) is 63.6 Å². The number of hydrogen-bond acceptors (Lipinski definition) is 9. The number of anilines is 2. The van der Waals surface area contributed by atoms with Crippen LogP contribution in [0.25, 0.3) is 11.3 Å². The fourth-order valence-corrected chi connectivity index (χ4v) is 5.25. The smallest absolute Gasteiger partial charge is 0.407 e. The summed E-state index contributed by atoms with van der Waals surface area (Å²) in [5.41, 5.74) is 3.62. The van der Waals surface area contributed by atoms with Gasteiger partial charge < -0.3 is 30.2 Å². The first kappa shape index (κ1) is 34.1. The second-order valence-electron chi connectivity index (χ2n) is 11.8. The minimum atomic E-state index is -0.583. The quantitative estimate of drug-likeness (QED) is 0.158. The van der Waals surface area contributed by atoms with E-state index in [1.54, 1.807) is 69.4 Å². The van der Waals surface area contributed by atoms with E-state index in [0.29, 0.717) is 75.8 Å². The van der Waals surface area contributed by atoms with Crippen LogP contribution in [0, 0.1) is 5.82 Å². The second-order valence-corrected chi connectivity index (χ2v) is 12.3. The number of hydrogen-bond donors (Lipinski definition) is 3. The Morgan fingerprint density at radius 3 is 2.48 bits per heavy atom. The molecule has 4 aromatic rings. The minimum absolute atomic E-state index is 0.198. The molecule has 0 bridgehead atoms. The molecule has 250 valence electrons. The zero-order valence-electron chi connectivity index (χ0n) is 27.2. The van der Waals surface area contributed by atoms with E-state index in [9.17, 15) is 9.59 Å². The monoisotopic (exact) mass is 674 g/mol. The molecule has 3 N–H and O–H groups in total. The molecule has 11 nitrogen and oxygen atoms in total. The third kappa shape index (κ3) is 8.00. The highest BCUT2D eigenvalue weighted by molar-refractivity contribution is 6.31. The molecule has 1 aliphatic heterocycles. The summed E-state index contributed by atoms with van der Waals surface area (Å²) in [6.45, 7) is 6.24. The van der Waals surface area contributed by atoms with Crippen LogP contribution in [0.3, 0.4) is 0 Å². The van der Waals surface area contributed by atoms with Crippen LogP contribution in [0.5, 0.6) is 11.5 Å². The number of carbonyl (C=O) groups is 2. The van der Waals surface area contributed by atoms with Crippen LogP contribution in [0.4, 0.5) is 20.8 Å². The lowest BCUT2D eigenvalue weighted by Crippen LogP contribution is -2.34. The molecule has 5 rings (SSSR count). The van der Waals surface area contributed by atoms with Gasteiger partial charge in [0.25, 0.3) is 5.91 Å². The van der Waals surface area contributed by atoms with Crippen molar-refractivity contribution >= 4 is 40.9 Å². The van der Waals surface area contributed by atoms with Gasteiger partial charge in [0.05, 0.1) is 43.3 Å². The fraction of sp³-hybridized carbons (Fsp3) is 0.286. The molecular weight excluding hydrogens is 639 g/mol. The van der Waals surface area contributed by atoms with Gasteiger partial charge in [0.1, 0.15) is 22.9 Å². The van der Waals surface area contributed by atoms with Crippen molar-refractivity contribution in [2.45, 2.75) is 39.3 Å². The lowest BCUT2D eigenvalue weighted by molar-refractivity contribution is 0.0527. The number of rotatable bonds is 10. The first-order valence-electron chi connectivity index (χ1n) is 15.2. The summed E-state index contributed by atoms with van der Waals surface area (Å²) in [4.78, 5) is 38.8. The van der Waals surface area contributed by atoms with Crippen LogP contribution < -0.4 is 25.4 Å². The first-order chi connectivity index (χ1) is 23.0.